The minimum absolute atomic E-state index is 0.180. The Bertz CT molecular complexity index is 923. The zero-order valence-corrected chi connectivity index (χ0v) is 12.9. The molecule has 0 aliphatic carbocycles. The Balaban J connectivity index is 3.40. The molecular formula is C10H3Br2N3O6. The summed E-state index contributed by atoms with van der Waals surface area (Å²) in [7, 11) is 0. The molecule has 1 N–H and O–H groups in total. The van der Waals surface area contributed by atoms with Crippen molar-refractivity contribution in [3.8, 4) is 5.75 Å². The molecule has 0 saturated heterocycles. The Kier molecular flexibility index (Phi) is 3.87. The van der Waals surface area contributed by atoms with E-state index in [2.05, 4.69) is 37.3 Å². The van der Waals surface area contributed by atoms with Crippen molar-refractivity contribution in [3.63, 3.8) is 0 Å². The molecule has 0 atom stereocenters. The zero-order valence-electron chi connectivity index (χ0n) is 9.74. The molecular weight excluding hydrogens is 418 g/mol. The lowest BCUT2D eigenvalue weighted by atomic mass is 10.2. The van der Waals surface area contributed by atoms with Crippen molar-refractivity contribution < 1.29 is 10.0 Å². The lowest BCUT2D eigenvalue weighted by Gasteiger charge is -2.03. The van der Waals surface area contributed by atoms with Crippen LogP contribution in [-0.4, -0.2) is 13.6 Å². The molecule has 2 aromatic rings. The fourth-order valence-corrected chi connectivity index (χ4v) is 3.01. The van der Waals surface area contributed by atoms with Gasteiger partial charge in [0, 0.05) is 10.5 Å². The molecule has 0 saturated carbocycles. The van der Waals surface area contributed by atoms with E-state index in [9.17, 15) is 29.7 Å². The van der Waals surface area contributed by atoms with E-state index < -0.39 is 38.4 Å². The van der Waals surface area contributed by atoms with Gasteiger partial charge in [0.1, 0.15) is 5.39 Å². The van der Waals surface area contributed by atoms with Crippen LogP contribution in [0.2, 0.25) is 0 Å². The fourth-order valence-electron chi connectivity index (χ4n) is 1.74. The van der Waals surface area contributed by atoms with Crippen molar-refractivity contribution in [2.45, 2.75) is 0 Å². The molecule has 1 aromatic heterocycles. The second-order valence-electron chi connectivity index (χ2n) is 3.75. The number of non-ortho nitro benzene ring substituents is 1. The van der Waals surface area contributed by atoms with Gasteiger partial charge in [0.2, 0.25) is 5.69 Å². The SMILES string of the molecule is O=Nc1c(O)c2c([N+](=O)[O-])ccc(Br)c2n(Br)c(=O)c1=O. The van der Waals surface area contributed by atoms with Gasteiger partial charge in [0.25, 0.3) is 11.1 Å². The molecule has 0 fully saturated rings. The first-order valence-corrected chi connectivity index (χ1v) is 6.59. The van der Waals surface area contributed by atoms with E-state index in [0.717, 1.165) is 6.07 Å². The van der Waals surface area contributed by atoms with E-state index in [-0.39, 0.29) is 9.99 Å². The number of nitroso groups, excluding NO2 is 1. The monoisotopic (exact) mass is 419 g/mol. The number of benzene rings is 1. The predicted octanol–water partition coefficient (Wildman–Crippen LogP) is 2.29. The summed E-state index contributed by atoms with van der Waals surface area (Å²) in [4.78, 5) is 44.5. The second-order valence-corrected chi connectivity index (χ2v) is 5.31. The van der Waals surface area contributed by atoms with Crippen molar-refractivity contribution in [1.29, 1.82) is 0 Å². The van der Waals surface area contributed by atoms with Gasteiger partial charge in [0.05, 0.1) is 26.6 Å². The molecule has 1 heterocycles. The summed E-state index contributed by atoms with van der Waals surface area (Å²) in [6.07, 6.45) is 0. The van der Waals surface area contributed by atoms with Crippen LogP contribution < -0.4 is 11.0 Å². The van der Waals surface area contributed by atoms with Crippen molar-refractivity contribution in [2.24, 2.45) is 5.18 Å². The Morgan fingerprint density at radius 2 is 1.95 bits per heavy atom. The number of hydrogen-bond acceptors (Lipinski definition) is 7. The van der Waals surface area contributed by atoms with Crippen molar-refractivity contribution in [3.05, 3.63) is 52.2 Å². The van der Waals surface area contributed by atoms with Gasteiger partial charge in [-0.25, -0.2) is 3.59 Å². The number of nitro groups is 1. The van der Waals surface area contributed by atoms with Gasteiger partial charge in [-0.1, -0.05) is 0 Å². The van der Waals surface area contributed by atoms with E-state index in [1.165, 1.54) is 6.07 Å². The molecule has 0 unspecified atom stereocenters. The molecule has 0 radical (unpaired) electrons. The summed E-state index contributed by atoms with van der Waals surface area (Å²) < 4.78 is 0.802. The third-order valence-corrected chi connectivity index (χ3v) is 3.96. The highest BCUT2D eigenvalue weighted by Crippen LogP contribution is 2.39. The maximum Gasteiger partial charge on any atom is 0.311 e. The minimum Gasteiger partial charge on any atom is -0.505 e. The Labute approximate surface area is 131 Å². The van der Waals surface area contributed by atoms with Crippen LogP contribution in [0.4, 0.5) is 11.4 Å². The summed E-state index contributed by atoms with van der Waals surface area (Å²) in [5.74, 6) is -1.03. The molecule has 0 aliphatic rings. The Morgan fingerprint density at radius 1 is 1.33 bits per heavy atom. The van der Waals surface area contributed by atoms with Gasteiger partial charge in [-0.15, -0.1) is 4.91 Å². The van der Waals surface area contributed by atoms with E-state index >= 15 is 0 Å². The second kappa shape index (κ2) is 5.33. The topological polar surface area (TPSA) is 132 Å². The maximum atomic E-state index is 11.9. The van der Waals surface area contributed by atoms with Gasteiger partial charge in [-0.2, -0.15) is 0 Å². The molecule has 0 amide bonds. The number of hydrogen-bond donors (Lipinski definition) is 1. The van der Waals surface area contributed by atoms with Crippen LogP contribution in [0, 0.1) is 15.0 Å². The first-order chi connectivity index (χ1) is 9.81. The molecule has 0 aliphatic heterocycles. The maximum absolute atomic E-state index is 11.9. The molecule has 0 bridgehead atoms. The number of aromatic hydroxyl groups is 1. The highest BCUT2D eigenvalue weighted by molar-refractivity contribution is 9.10. The molecule has 9 nitrogen and oxygen atoms in total. The summed E-state index contributed by atoms with van der Waals surface area (Å²) >= 11 is 5.85. The Morgan fingerprint density at radius 3 is 2.48 bits per heavy atom. The number of nitro benzene ring substituents is 1. The van der Waals surface area contributed by atoms with Crippen LogP contribution in [0.25, 0.3) is 10.9 Å². The van der Waals surface area contributed by atoms with Crippen LogP contribution in [0.3, 0.4) is 0 Å². The number of halogens is 2. The first-order valence-electron chi connectivity index (χ1n) is 5.09. The number of fused-ring (bicyclic) bond motifs is 1. The first kappa shape index (κ1) is 15.3. The number of nitrogens with zero attached hydrogens (tertiary/aromatic N) is 3. The van der Waals surface area contributed by atoms with Gasteiger partial charge in [-0.3, -0.25) is 19.7 Å². The molecule has 2 rings (SSSR count). The van der Waals surface area contributed by atoms with Crippen molar-refractivity contribution in [2.75, 3.05) is 0 Å². The molecule has 0 spiro atoms. The standard InChI is InChI=1S/C10H3Br2N3O6/c11-3-1-2-4(15(20)21)5-7(3)14(12)10(18)9(17)6(13-19)8(5)16/h1-2,16H. The summed E-state index contributed by atoms with van der Waals surface area (Å²) in [5.41, 5.74) is -4.49. The van der Waals surface area contributed by atoms with E-state index in [1.54, 1.807) is 0 Å². The zero-order chi connectivity index (χ0) is 15.9. The number of aromatic nitrogens is 1. The van der Waals surface area contributed by atoms with Gasteiger partial charge < -0.3 is 5.11 Å². The average molecular weight is 421 g/mol. The number of rotatable bonds is 2. The Hall–Kier alpha value is -2.14. The summed E-state index contributed by atoms with van der Waals surface area (Å²) in [5, 5.41) is 22.9. The fraction of sp³-hybridized carbons (Fsp3) is 0. The van der Waals surface area contributed by atoms with Crippen molar-refractivity contribution in [1.82, 2.24) is 3.59 Å². The summed E-state index contributed by atoms with van der Waals surface area (Å²) in [6.45, 7) is 0. The molecule has 21 heavy (non-hydrogen) atoms. The lowest BCUT2D eigenvalue weighted by Crippen LogP contribution is -2.27. The molecule has 1 aromatic carbocycles. The van der Waals surface area contributed by atoms with E-state index in [4.69, 9.17) is 0 Å². The minimum atomic E-state index is -1.39. The third-order valence-electron chi connectivity index (χ3n) is 2.64. The average Bonchev–Trinajstić information content (AvgIpc) is 2.50. The highest BCUT2D eigenvalue weighted by atomic mass is 79.9. The quantitative estimate of drug-likeness (QED) is 0.343. The van der Waals surface area contributed by atoms with Crippen LogP contribution in [0.15, 0.2) is 31.4 Å². The highest BCUT2D eigenvalue weighted by Gasteiger charge is 2.24. The van der Waals surface area contributed by atoms with Crippen LogP contribution in [-0.2, 0) is 0 Å². The van der Waals surface area contributed by atoms with Crippen LogP contribution >= 0.6 is 32.1 Å². The third kappa shape index (κ3) is 2.23. The largest absolute Gasteiger partial charge is 0.505 e. The molecule has 11 heteroatoms. The summed E-state index contributed by atoms with van der Waals surface area (Å²) in [6, 6.07) is 2.30. The van der Waals surface area contributed by atoms with Gasteiger partial charge >= 0.3 is 5.56 Å². The molecule has 108 valence electrons. The smallest absolute Gasteiger partial charge is 0.311 e. The van der Waals surface area contributed by atoms with Crippen LogP contribution in [0.1, 0.15) is 0 Å². The lowest BCUT2D eigenvalue weighted by molar-refractivity contribution is -0.383. The van der Waals surface area contributed by atoms with Gasteiger partial charge in [0.15, 0.2) is 5.75 Å². The van der Waals surface area contributed by atoms with Crippen LogP contribution in [0.5, 0.6) is 5.75 Å². The predicted molar refractivity (Wildman–Crippen MR) is 80.3 cm³/mol. The van der Waals surface area contributed by atoms with E-state index in [0.29, 0.717) is 3.59 Å². The van der Waals surface area contributed by atoms with Crippen molar-refractivity contribution >= 4 is 54.4 Å². The normalized spacial score (nSPS) is 10.6. The van der Waals surface area contributed by atoms with Gasteiger partial charge in [-0.05, 0) is 27.2 Å². The van der Waals surface area contributed by atoms with E-state index in [1.807, 2.05) is 0 Å².